The molecule has 5 heteroatoms. The molecular weight excluding hydrogens is 209 g/mol. The molecule has 3 atom stereocenters. The van der Waals surface area contributed by atoms with Gasteiger partial charge in [0, 0.05) is 10.8 Å². The van der Waals surface area contributed by atoms with Gasteiger partial charge in [0.1, 0.15) is 13.4 Å². The highest BCUT2D eigenvalue weighted by atomic mass is 32.1. The van der Waals surface area contributed by atoms with Gasteiger partial charge in [0.25, 0.3) is 0 Å². The second kappa shape index (κ2) is 3.32. The van der Waals surface area contributed by atoms with E-state index < -0.39 is 0 Å². The Morgan fingerprint density at radius 3 is 3.27 bits per heavy atom. The van der Waals surface area contributed by atoms with Gasteiger partial charge in [-0.05, 0) is 12.3 Å². The molecule has 2 aliphatic rings. The summed E-state index contributed by atoms with van der Waals surface area (Å²) in [7, 11) is 5.76. The maximum Gasteiger partial charge on any atom is 0.114 e. The summed E-state index contributed by atoms with van der Waals surface area (Å²) in [5.74, 6) is 0.385. The predicted molar refractivity (Wildman–Crippen MR) is 59.4 cm³/mol. The summed E-state index contributed by atoms with van der Waals surface area (Å²) in [6, 6.07) is 2.01. The lowest BCUT2D eigenvalue weighted by Gasteiger charge is -2.24. The Balaban J connectivity index is 2.02. The fourth-order valence-electron chi connectivity index (χ4n) is 2.42. The number of hydroxylamine groups is 1. The first-order valence-electron chi connectivity index (χ1n) is 5.07. The van der Waals surface area contributed by atoms with Crippen LogP contribution in [-0.2, 0) is 15.1 Å². The number of thiophene rings is 1. The lowest BCUT2D eigenvalue weighted by atomic mass is 9.83. The molecule has 0 aromatic carbocycles. The van der Waals surface area contributed by atoms with Crippen LogP contribution in [0.25, 0.3) is 0 Å². The van der Waals surface area contributed by atoms with Gasteiger partial charge in [0.15, 0.2) is 0 Å². The van der Waals surface area contributed by atoms with Gasteiger partial charge in [-0.3, -0.25) is 0 Å². The van der Waals surface area contributed by atoms with Crippen LogP contribution in [0.5, 0.6) is 0 Å². The molecule has 1 aromatic rings. The zero-order valence-corrected chi connectivity index (χ0v) is 9.34. The molecule has 0 aliphatic carbocycles. The highest BCUT2D eigenvalue weighted by molar-refractivity contribution is 7.11. The van der Waals surface area contributed by atoms with Crippen molar-refractivity contribution in [2.45, 2.75) is 18.6 Å². The summed E-state index contributed by atoms with van der Waals surface area (Å²) in [5, 5.41) is 1.96. The van der Waals surface area contributed by atoms with E-state index in [1.54, 1.807) is 11.3 Å². The largest absolute Gasteiger partial charge is 0.376 e. The van der Waals surface area contributed by atoms with E-state index in [0.717, 1.165) is 5.46 Å². The summed E-state index contributed by atoms with van der Waals surface area (Å²) >= 11 is 1.67. The summed E-state index contributed by atoms with van der Waals surface area (Å²) in [6.07, 6.45) is 0.239. The van der Waals surface area contributed by atoms with Crippen LogP contribution in [-0.4, -0.2) is 27.2 Å². The van der Waals surface area contributed by atoms with Crippen LogP contribution in [0, 0.1) is 5.92 Å². The Hall–Kier alpha value is -0.355. The highest BCUT2D eigenvalue weighted by Gasteiger charge is 2.54. The smallest absolute Gasteiger partial charge is 0.114 e. The van der Waals surface area contributed by atoms with Gasteiger partial charge in [-0.2, -0.15) is 5.48 Å². The first-order chi connectivity index (χ1) is 7.22. The molecule has 1 N–H and O–H groups in total. The minimum Gasteiger partial charge on any atom is -0.376 e. The number of ether oxygens (including phenoxy) is 1. The van der Waals surface area contributed by atoms with Crippen LogP contribution < -0.4 is 10.9 Å². The molecule has 3 nitrogen and oxygen atoms in total. The van der Waals surface area contributed by atoms with Crippen molar-refractivity contribution >= 4 is 24.6 Å². The molecule has 0 unspecified atom stereocenters. The van der Waals surface area contributed by atoms with E-state index in [9.17, 15) is 0 Å². The Labute approximate surface area is 94.1 Å². The fourth-order valence-corrected chi connectivity index (χ4v) is 3.42. The molecule has 2 fully saturated rings. The van der Waals surface area contributed by atoms with E-state index in [2.05, 4.69) is 12.4 Å². The van der Waals surface area contributed by atoms with E-state index in [1.165, 1.54) is 4.88 Å². The summed E-state index contributed by atoms with van der Waals surface area (Å²) in [5.41, 5.74) is 3.77. The molecular formula is C10H12BNO2S. The molecule has 3 heterocycles. The van der Waals surface area contributed by atoms with Crippen molar-refractivity contribution in [1.82, 2.24) is 5.48 Å². The minimum atomic E-state index is -0.165. The molecule has 2 aliphatic heterocycles. The normalized spacial score (nSPS) is 39.5. The highest BCUT2D eigenvalue weighted by Crippen LogP contribution is 2.43. The van der Waals surface area contributed by atoms with Gasteiger partial charge in [0.2, 0.25) is 0 Å². The molecule has 2 saturated heterocycles. The molecule has 0 saturated carbocycles. The van der Waals surface area contributed by atoms with Gasteiger partial charge in [-0.15, -0.1) is 11.3 Å². The third-order valence-corrected chi connectivity index (χ3v) is 4.48. The number of hydrogen-bond acceptors (Lipinski definition) is 4. The van der Waals surface area contributed by atoms with E-state index in [0.29, 0.717) is 19.1 Å². The summed E-state index contributed by atoms with van der Waals surface area (Å²) in [6.45, 7) is 3.47. The maximum absolute atomic E-state index is 5.76. The SMILES string of the molecule is [B]c1csc([C@]23CO[C@H](C)[C@H]2CON3)c1. The van der Waals surface area contributed by atoms with Crippen molar-refractivity contribution in [3.8, 4) is 0 Å². The van der Waals surface area contributed by atoms with Crippen LogP contribution in [0.15, 0.2) is 11.4 Å². The molecule has 15 heavy (non-hydrogen) atoms. The third kappa shape index (κ3) is 1.31. The topological polar surface area (TPSA) is 30.5 Å². The van der Waals surface area contributed by atoms with Crippen LogP contribution in [0.4, 0.5) is 0 Å². The molecule has 3 rings (SSSR count). The van der Waals surface area contributed by atoms with Gasteiger partial charge < -0.3 is 9.57 Å². The quantitative estimate of drug-likeness (QED) is 0.692. The van der Waals surface area contributed by atoms with Crippen LogP contribution >= 0.6 is 11.3 Å². The monoisotopic (exact) mass is 221 g/mol. The number of fused-ring (bicyclic) bond motifs is 1. The van der Waals surface area contributed by atoms with Crippen molar-refractivity contribution in [3.05, 3.63) is 16.3 Å². The molecule has 78 valence electrons. The Morgan fingerprint density at radius 2 is 2.53 bits per heavy atom. The second-order valence-corrected chi connectivity index (χ2v) is 5.16. The summed E-state index contributed by atoms with van der Waals surface area (Å²) < 4.78 is 5.71. The van der Waals surface area contributed by atoms with E-state index in [1.807, 2.05) is 11.4 Å². The average Bonchev–Trinajstić information content (AvgIpc) is 2.84. The molecule has 0 spiro atoms. The minimum absolute atomic E-state index is 0.165. The van der Waals surface area contributed by atoms with Gasteiger partial charge in [-0.25, -0.2) is 0 Å². The zero-order valence-electron chi connectivity index (χ0n) is 8.53. The van der Waals surface area contributed by atoms with E-state index in [-0.39, 0.29) is 11.6 Å². The van der Waals surface area contributed by atoms with Crippen LogP contribution in [0.3, 0.4) is 0 Å². The Bertz CT molecular complexity index is 383. The number of nitrogens with one attached hydrogen (secondary N) is 1. The average molecular weight is 221 g/mol. The number of rotatable bonds is 1. The summed E-state index contributed by atoms with van der Waals surface area (Å²) in [4.78, 5) is 6.60. The fraction of sp³-hybridized carbons (Fsp3) is 0.600. The molecule has 2 radical (unpaired) electrons. The van der Waals surface area contributed by atoms with Gasteiger partial charge in [0.05, 0.1) is 19.3 Å². The van der Waals surface area contributed by atoms with Gasteiger partial charge in [-0.1, -0.05) is 11.5 Å². The Kier molecular flexibility index (Phi) is 2.18. The van der Waals surface area contributed by atoms with E-state index >= 15 is 0 Å². The lowest BCUT2D eigenvalue weighted by Crippen LogP contribution is -2.41. The van der Waals surface area contributed by atoms with Gasteiger partial charge >= 0.3 is 0 Å². The number of hydrogen-bond donors (Lipinski definition) is 1. The maximum atomic E-state index is 5.76. The zero-order chi connectivity index (χ0) is 10.5. The van der Waals surface area contributed by atoms with Crippen LogP contribution in [0.1, 0.15) is 11.8 Å². The van der Waals surface area contributed by atoms with Crippen molar-refractivity contribution in [2.24, 2.45) is 5.92 Å². The standard InChI is InChI=1S/C10H12BNO2S/c1-6-8-3-14-12-10(8,5-13-6)9-2-7(11)4-15-9/h2,4,6,8,12H,3,5H2,1H3/t6-,8-,10+/m1/s1. The third-order valence-electron chi connectivity index (χ3n) is 3.35. The second-order valence-electron chi connectivity index (χ2n) is 4.25. The van der Waals surface area contributed by atoms with Crippen LogP contribution in [0.2, 0.25) is 0 Å². The van der Waals surface area contributed by atoms with E-state index in [4.69, 9.17) is 17.4 Å². The lowest BCUT2D eigenvalue weighted by molar-refractivity contribution is 0.00831. The Morgan fingerprint density at radius 1 is 1.67 bits per heavy atom. The molecule has 0 amide bonds. The van der Waals surface area contributed by atoms with Crippen molar-refractivity contribution in [1.29, 1.82) is 0 Å². The molecule has 0 bridgehead atoms. The first kappa shape index (κ1) is 9.84. The van der Waals surface area contributed by atoms with Crippen molar-refractivity contribution in [2.75, 3.05) is 13.2 Å². The first-order valence-corrected chi connectivity index (χ1v) is 5.95. The molecule has 1 aromatic heterocycles. The van der Waals surface area contributed by atoms with Crippen molar-refractivity contribution < 1.29 is 9.57 Å². The predicted octanol–water partition coefficient (Wildman–Crippen LogP) is 0.307. The van der Waals surface area contributed by atoms with Crippen molar-refractivity contribution in [3.63, 3.8) is 0 Å².